The third kappa shape index (κ3) is 3.61. The normalized spacial score (nSPS) is 14.1. The minimum Gasteiger partial charge on any atom is -0.0843 e. The molecule has 0 saturated heterocycles. The Morgan fingerprint density at radius 1 is 0.895 bits per heavy atom. The van der Waals surface area contributed by atoms with Crippen LogP contribution in [0.3, 0.4) is 0 Å². The zero-order valence-corrected chi connectivity index (χ0v) is 13.6. The molecule has 0 aromatic heterocycles. The third-order valence-electron chi connectivity index (χ3n) is 3.57. The van der Waals surface area contributed by atoms with E-state index in [0.717, 1.165) is 5.02 Å². The summed E-state index contributed by atoms with van der Waals surface area (Å²) in [6, 6.07) is 16.8. The molecular weight excluding hydrogens is 320 g/mol. The van der Waals surface area contributed by atoms with Gasteiger partial charge in [-0.1, -0.05) is 77.8 Å². The quantitative estimate of drug-likeness (QED) is 0.571. The lowest BCUT2D eigenvalue weighted by atomic mass is 9.96. The van der Waals surface area contributed by atoms with E-state index in [4.69, 9.17) is 11.6 Å². The van der Waals surface area contributed by atoms with Crippen LogP contribution < -0.4 is 0 Å². The smallest absolute Gasteiger partial charge is 0.0644 e. The molecule has 2 aromatic carbocycles. The summed E-state index contributed by atoms with van der Waals surface area (Å²) in [5, 5.41) is 0.774. The predicted molar refractivity (Wildman–Crippen MR) is 87.4 cm³/mol. The van der Waals surface area contributed by atoms with Gasteiger partial charge in [-0.15, -0.1) is 0 Å². The number of alkyl halides is 1. The van der Waals surface area contributed by atoms with Crippen molar-refractivity contribution >= 4 is 27.5 Å². The first-order valence-corrected chi connectivity index (χ1v) is 7.90. The molecule has 2 heteroatoms. The maximum atomic E-state index is 5.92. The molecule has 100 valence electrons. The summed E-state index contributed by atoms with van der Waals surface area (Å²) in [6.45, 7) is 4.49. The van der Waals surface area contributed by atoms with Crippen molar-refractivity contribution in [2.45, 2.75) is 31.0 Å². The van der Waals surface area contributed by atoms with E-state index in [1.165, 1.54) is 23.1 Å². The summed E-state index contributed by atoms with van der Waals surface area (Å²) in [6.07, 6.45) is 1.17. The van der Waals surface area contributed by atoms with Crippen molar-refractivity contribution in [3.8, 4) is 0 Å². The molecule has 19 heavy (non-hydrogen) atoms. The van der Waals surface area contributed by atoms with E-state index < -0.39 is 0 Å². The van der Waals surface area contributed by atoms with Crippen LogP contribution in [-0.2, 0) is 0 Å². The maximum Gasteiger partial charge on any atom is 0.0644 e. The summed E-state index contributed by atoms with van der Waals surface area (Å²) >= 11 is 9.67. The highest BCUT2D eigenvalue weighted by molar-refractivity contribution is 9.09. The third-order valence-corrected chi connectivity index (χ3v) is 4.88. The first kappa shape index (κ1) is 14.6. The fraction of sp³-hybridized carbons (Fsp3) is 0.294. The van der Waals surface area contributed by atoms with Gasteiger partial charge in [-0.3, -0.25) is 0 Å². The van der Waals surface area contributed by atoms with E-state index >= 15 is 0 Å². The molecule has 2 atom stereocenters. The van der Waals surface area contributed by atoms with Crippen LogP contribution in [0.15, 0.2) is 48.5 Å². The molecule has 0 amide bonds. The number of hydrogen-bond acceptors (Lipinski definition) is 0. The number of halogens is 2. The molecule has 0 aliphatic carbocycles. The van der Waals surface area contributed by atoms with Gasteiger partial charge in [0.1, 0.15) is 0 Å². The van der Waals surface area contributed by atoms with Crippen LogP contribution in [0, 0.1) is 0 Å². The van der Waals surface area contributed by atoms with Crippen molar-refractivity contribution in [2.75, 3.05) is 0 Å². The summed E-state index contributed by atoms with van der Waals surface area (Å²) < 4.78 is 0. The van der Waals surface area contributed by atoms with Crippen LogP contribution in [0.5, 0.6) is 0 Å². The first-order valence-electron chi connectivity index (χ1n) is 6.61. The topological polar surface area (TPSA) is 0 Å². The van der Waals surface area contributed by atoms with Crippen molar-refractivity contribution in [1.29, 1.82) is 0 Å². The van der Waals surface area contributed by atoms with Crippen molar-refractivity contribution in [3.05, 3.63) is 70.2 Å². The molecule has 0 saturated carbocycles. The van der Waals surface area contributed by atoms with Gasteiger partial charge in [-0.05, 0) is 41.2 Å². The van der Waals surface area contributed by atoms with E-state index in [9.17, 15) is 0 Å². The summed E-state index contributed by atoms with van der Waals surface area (Å²) in [5.74, 6) is 0.623. The molecule has 0 aliphatic heterocycles. The van der Waals surface area contributed by atoms with Crippen LogP contribution in [0.1, 0.15) is 47.7 Å². The largest absolute Gasteiger partial charge is 0.0843 e. The Kier molecular flexibility index (Phi) is 5.06. The van der Waals surface area contributed by atoms with Gasteiger partial charge in [0.05, 0.1) is 4.83 Å². The Morgan fingerprint density at radius 3 is 1.79 bits per heavy atom. The highest BCUT2D eigenvalue weighted by Gasteiger charge is 2.11. The molecule has 0 aliphatic rings. The highest BCUT2D eigenvalue weighted by atomic mass is 79.9. The lowest BCUT2D eigenvalue weighted by Gasteiger charge is -2.13. The van der Waals surface area contributed by atoms with Crippen molar-refractivity contribution in [1.82, 2.24) is 0 Å². The first-order chi connectivity index (χ1) is 9.11. The van der Waals surface area contributed by atoms with Gasteiger partial charge in [0.15, 0.2) is 0 Å². The minimum absolute atomic E-state index is 0.218. The summed E-state index contributed by atoms with van der Waals surface area (Å²) in [7, 11) is 0. The minimum atomic E-state index is 0.218. The predicted octanol–water partition coefficient (Wildman–Crippen LogP) is 6.34. The second-order valence-corrected chi connectivity index (χ2v) is 6.24. The van der Waals surface area contributed by atoms with Crippen LogP contribution in [-0.4, -0.2) is 0 Å². The SMILES string of the molecule is CCC(C)c1ccc(C(Br)c2ccc(Cl)cc2)cc1. The van der Waals surface area contributed by atoms with Crippen LogP contribution in [0.25, 0.3) is 0 Å². The van der Waals surface area contributed by atoms with Gasteiger partial charge >= 0.3 is 0 Å². The second-order valence-electron chi connectivity index (χ2n) is 4.89. The van der Waals surface area contributed by atoms with E-state index in [0.29, 0.717) is 5.92 Å². The Hall–Kier alpha value is -0.790. The van der Waals surface area contributed by atoms with Gasteiger partial charge in [0.2, 0.25) is 0 Å². The number of hydrogen-bond donors (Lipinski definition) is 0. The fourth-order valence-electron chi connectivity index (χ4n) is 2.05. The Bertz CT molecular complexity index is 516. The van der Waals surface area contributed by atoms with E-state index in [1.54, 1.807) is 0 Å². The molecule has 2 rings (SSSR count). The van der Waals surface area contributed by atoms with E-state index in [-0.39, 0.29) is 4.83 Å². The molecule has 2 unspecified atom stereocenters. The lowest BCUT2D eigenvalue weighted by Crippen LogP contribution is -1.95. The Balaban J connectivity index is 2.19. The number of benzene rings is 2. The van der Waals surface area contributed by atoms with Gasteiger partial charge in [0, 0.05) is 5.02 Å². The monoisotopic (exact) mass is 336 g/mol. The zero-order valence-electron chi connectivity index (χ0n) is 11.2. The molecular formula is C17H18BrCl. The van der Waals surface area contributed by atoms with Crippen molar-refractivity contribution in [2.24, 2.45) is 0 Å². The van der Waals surface area contributed by atoms with Gasteiger partial charge in [0.25, 0.3) is 0 Å². The van der Waals surface area contributed by atoms with Crippen molar-refractivity contribution in [3.63, 3.8) is 0 Å². The fourth-order valence-corrected chi connectivity index (χ4v) is 2.79. The van der Waals surface area contributed by atoms with Crippen molar-refractivity contribution < 1.29 is 0 Å². The molecule has 0 N–H and O–H groups in total. The van der Waals surface area contributed by atoms with Gasteiger partial charge in [-0.2, -0.15) is 0 Å². The average molecular weight is 338 g/mol. The molecule has 0 bridgehead atoms. The molecule has 2 aromatic rings. The Labute approximate surface area is 128 Å². The molecule has 0 spiro atoms. The van der Waals surface area contributed by atoms with Crippen LogP contribution >= 0.6 is 27.5 Å². The van der Waals surface area contributed by atoms with Crippen LogP contribution in [0.4, 0.5) is 0 Å². The van der Waals surface area contributed by atoms with Crippen LogP contribution in [0.2, 0.25) is 5.02 Å². The molecule has 0 heterocycles. The molecule has 0 nitrogen and oxygen atoms in total. The lowest BCUT2D eigenvalue weighted by molar-refractivity contribution is 0.733. The molecule has 0 fully saturated rings. The molecule has 0 radical (unpaired) electrons. The highest BCUT2D eigenvalue weighted by Crippen LogP contribution is 2.32. The van der Waals surface area contributed by atoms with E-state index in [1.807, 2.05) is 12.1 Å². The summed E-state index contributed by atoms with van der Waals surface area (Å²) in [4.78, 5) is 0.218. The second kappa shape index (κ2) is 6.58. The average Bonchev–Trinajstić information content (AvgIpc) is 2.46. The summed E-state index contributed by atoms with van der Waals surface area (Å²) in [5.41, 5.74) is 3.90. The van der Waals surface area contributed by atoms with Gasteiger partial charge < -0.3 is 0 Å². The number of rotatable bonds is 4. The zero-order chi connectivity index (χ0) is 13.8. The standard InChI is InChI=1S/C17H18BrCl/c1-3-12(2)13-4-6-14(7-5-13)17(18)15-8-10-16(19)11-9-15/h4-12,17H,3H2,1-2H3. The van der Waals surface area contributed by atoms with E-state index in [2.05, 4.69) is 66.2 Å². The Morgan fingerprint density at radius 2 is 1.32 bits per heavy atom. The van der Waals surface area contributed by atoms with Gasteiger partial charge in [-0.25, -0.2) is 0 Å². The maximum absolute atomic E-state index is 5.92.